The summed E-state index contributed by atoms with van der Waals surface area (Å²) in [6.07, 6.45) is 11.7. The van der Waals surface area contributed by atoms with Crippen molar-refractivity contribution in [3.63, 3.8) is 0 Å². The number of ketones is 1. The molecule has 3 rings (SSSR count). The fourth-order valence-corrected chi connectivity index (χ4v) is 5.15. The second kappa shape index (κ2) is 15.2. The Balaban J connectivity index is 1.83. The third-order valence-corrected chi connectivity index (χ3v) is 7.39. The lowest BCUT2D eigenvalue weighted by atomic mass is 9.94. The Kier molecular flexibility index (Phi) is 11.7. The van der Waals surface area contributed by atoms with Crippen LogP contribution < -0.4 is 14.2 Å². The number of benzene rings is 2. The molecule has 0 saturated carbocycles. The van der Waals surface area contributed by atoms with Gasteiger partial charge in [-0.3, -0.25) is 9.59 Å². The number of methoxy groups -OCH3 is 3. The maximum absolute atomic E-state index is 13.3. The van der Waals surface area contributed by atoms with E-state index in [0.29, 0.717) is 34.9 Å². The topological polar surface area (TPSA) is 85.3 Å². The van der Waals surface area contributed by atoms with Crippen LogP contribution in [-0.2, 0) is 9.59 Å². The van der Waals surface area contributed by atoms with Gasteiger partial charge in [-0.25, -0.2) is 0 Å². The average molecular weight is 538 g/mol. The van der Waals surface area contributed by atoms with Gasteiger partial charge in [0.2, 0.25) is 0 Å². The van der Waals surface area contributed by atoms with Gasteiger partial charge in [0.05, 0.1) is 32.9 Å². The number of unbranched alkanes of at least 4 members (excludes halogenated alkanes) is 9. The minimum atomic E-state index is -0.772. The largest absolute Gasteiger partial charge is 0.507 e. The number of ether oxygens (including phenoxy) is 3. The number of nitrogens with zero attached hydrogens (tertiary/aromatic N) is 1. The molecule has 7 nitrogen and oxygen atoms in total. The number of aliphatic hydroxyl groups is 1. The first-order valence-corrected chi connectivity index (χ1v) is 14.1. The van der Waals surface area contributed by atoms with Crippen LogP contribution in [0.3, 0.4) is 0 Å². The Hall–Kier alpha value is -3.48. The molecule has 1 heterocycles. The molecule has 0 unspecified atom stereocenters. The first-order valence-electron chi connectivity index (χ1n) is 14.1. The van der Waals surface area contributed by atoms with Crippen molar-refractivity contribution in [2.45, 2.75) is 77.2 Å². The van der Waals surface area contributed by atoms with E-state index in [0.717, 1.165) is 19.3 Å². The first kappa shape index (κ1) is 30.1. The van der Waals surface area contributed by atoms with Gasteiger partial charge in [0.15, 0.2) is 0 Å². The highest BCUT2D eigenvalue weighted by Gasteiger charge is 2.46. The second-order valence-electron chi connectivity index (χ2n) is 10.0. The van der Waals surface area contributed by atoms with Gasteiger partial charge in [-0.05, 0) is 42.8 Å². The molecule has 212 valence electrons. The van der Waals surface area contributed by atoms with Crippen LogP contribution in [0.25, 0.3) is 5.76 Å². The van der Waals surface area contributed by atoms with Gasteiger partial charge < -0.3 is 24.2 Å². The smallest absolute Gasteiger partial charge is 0.295 e. The van der Waals surface area contributed by atoms with Crippen molar-refractivity contribution in [3.05, 3.63) is 59.2 Å². The van der Waals surface area contributed by atoms with Gasteiger partial charge in [0.25, 0.3) is 11.7 Å². The second-order valence-corrected chi connectivity index (χ2v) is 10.0. The molecule has 1 saturated heterocycles. The van der Waals surface area contributed by atoms with Crippen molar-refractivity contribution >= 4 is 17.4 Å². The van der Waals surface area contributed by atoms with E-state index < -0.39 is 17.7 Å². The minimum Gasteiger partial charge on any atom is -0.507 e. The highest BCUT2D eigenvalue weighted by Crippen LogP contribution is 2.44. The molecule has 0 spiro atoms. The van der Waals surface area contributed by atoms with Gasteiger partial charge in [0, 0.05) is 23.7 Å². The van der Waals surface area contributed by atoms with Crippen LogP contribution in [0, 0.1) is 0 Å². The van der Waals surface area contributed by atoms with Crippen molar-refractivity contribution < 1.29 is 28.9 Å². The number of Topliss-reactive ketones (excluding diaryl/α,β-unsaturated/α-hetero) is 1. The fraction of sp³-hybridized carbons (Fsp3) is 0.500. The van der Waals surface area contributed by atoms with Crippen molar-refractivity contribution in [3.8, 4) is 17.2 Å². The number of carbonyl (C=O) groups excluding carboxylic acids is 2. The predicted octanol–water partition coefficient (Wildman–Crippen LogP) is 7.06. The highest BCUT2D eigenvalue weighted by atomic mass is 16.5. The Bertz CT molecular complexity index is 1120. The molecular formula is C32H43NO6. The van der Waals surface area contributed by atoms with E-state index in [4.69, 9.17) is 14.2 Å². The van der Waals surface area contributed by atoms with Crippen molar-refractivity contribution in [1.29, 1.82) is 0 Å². The number of hydrogen-bond donors (Lipinski definition) is 1. The van der Waals surface area contributed by atoms with Crippen molar-refractivity contribution in [1.82, 2.24) is 4.90 Å². The number of hydrogen-bond acceptors (Lipinski definition) is 6. The molecule has 2 aromatic carbocycles. The Morgan fingerprint density at radius 3 is 1.90 bits per heavy atom. The van der Waals surface area contributed by atoms with E-state index in [-0.39, 0.29) is 11.3 Å². The van der Waals surface area contributed by atoms with Crippen molar-refractivity contribution in [2.75, 3.05) is 27.9 Å². The number of amides is 1. The van der Waals surface area contributed by atoms with Crippen LogP contribution in [0.2, 0.25) is 0 Å². The van der Waals surface area contributed by atoms with Gasteiger partial charge in [-0.1, -0.05) is 64.7 Å². The monoisotopic (exact) mass is 537 g/mol. The van der Waals surface area contributed by atoms with Gasteiger partial charge in [-0.15, -0.1) is 0 Å². The summed E-state index contributed by atoms with van der Waals surface area (Å²) in [7, 11) is 4.66. The van der Waals surface area contributed by atoms with Crippen LogP contribution in [-0.4, -0.2) is 49.6 Å². The average Bonchev–Trinajstić information content (AvgIpc) is 3.22. The van der Waals surface area contributed by atoms with Gasteiger partial charge in [-0.2, -0.15) is 0 Å². The zero-order valence-corrected chi connectivity index (χ0v) is 23.8. The molecule has 1 fully saturated rings. The lowest BCUT2D eigenvalue weighted by Gasteiger charge is -2.27. The quantitative estimate of drug-likeness (QED) is 0.107. The summed E-state index contributed by atoms with van der Waals surface area (Å²) in [5, 5.41) is 11.3. The minimum absolute atomic E-state index is 0.0562. The highest BCUT2D eigenvalue weighted by molar-refractivity contribution is 6.46. The summed E-state index contributed by atoms with van der Waals surface area (Å²) in [6, 6.07) is 11.3. The SMILES string of the molecule is CCCCCCCCCCCCN1C(=O)C(=O)C(=C(O)c2ccc(OC)cc2)[C@@H]1c1ccc(OC)cc1OC. The number of carbonyl (C=O) groups is 2. The lowest BCUT2D eigenvalue weighted by molar-refractivity contribution is -0.139. The third-order valence-electron chi connectivity index (χ3n) is 7.39. The van der Waals surface area contributed by atoms with Crippen LogP contribution in [0.15, 0.2) is 48.0 Å². The van der Waals surface area contributed by atoms with Crippen LogP contribution >= 0.6 is 0 Å². The van der Waals surface area contributed by atoms with E-state index in [1.54, 1.807) is 61.6 Å². The molecule has 0 aromatic heterocycles. The van der Waals surface area contributed by atoms with E-state index in [2.05, 4.69) is 6.92 Å². The predicted molar refractivity (Wildman–Crippen MR) is 153 cm³/mol. The Labute approximate surface area is 232 Å². The molecule has 1 aliphatic heterocycles. The first-order chi connectivity index (χ1) is 19.0. The molecule has 0 aliphatic carbocycles. The summed E-state index contributed by atoms with van der Waals surface area (Å²) in [5.41, 5.74) is 1.12. The normalized spacial score (nSPS) is 16.5. The molecule has 1 aliphatic rings. The van der Waals surface area contributed by atoms with Crippen LogP contribution in [0.5, 0.6) is 17.2 Å². The summed E-state index contributed by atoms with van der Waals surface area (Å²) in [6.45, 7) is 2.65. The molecule has 39 heavy (non-hydrogen) atoms. The van der Waals surface area contributed by atoms with Crippen molar-refractivity contribution in [2.24, 2.45) is 0 Å². The van der Waals surface area contributed by atoms with Crippen LogP contribution in [0.1, 0.15) is 88.3 Å². The number of rotatable bonds is 16. The summed E-state index contributed by atoms with van der Waals surface area (Å²) >= 11 is 0. The number of aliphatic hydroxyl groups excluding tert-OH is 1. The van der Waals surface area contributed by atoms with E-state index in [1.807, 2.05) is 0 Å². The summed E-state index contributed by atoms with van der Waals surface area (Å²) < 4.78 is 16.2. The fourth-order valence-electron chi connectivity index (χ4n) is 5.15. The molecule has 1 atom stereocenters. The molecule has 1 amide bonds. The number of likely N-dealkylation sites (tertiary alicyclic amines) is 1. The molecule has 1 N–H and O–H groups in total. The lowest BCUT2D eigenvalue weighted by Crippen LogP contribution is -2.31. The zero-order chi connectivity index (χ0) is 28.2. The Morgan fingerprint density at radius 1 is 0.769 bits per heavy atom. The Morgan fingerprint density at radius 2 is 1.33 bits per heavy atom. The standard InChI is InChI=1S/C32H43NO6/c1-5-6-7-8-9-10-11-12-13-14-21-33-29(26-20-19-25(38-3)22-27(26)39-4)28(31(35)32(33)36)30(34)23-15-17-24(37-2)18-16-23/h15-20,22,29,34H,5-14,21H2,1-4H3/t29-/m0/s1. The molecular weight excluding hydrogens is 494 g/mol. The zero-order valence-electron chi connectivity index (χ0n) is 23.8. The van der Waals surface area contributed by atoms with E-state index in [9.17, 15) is 14.7 Å². The van der Waals surface area contributed by atoms with Gasteiger partial charge in [0.1, 0.15) is 23.0 Å². The summed E-state index contributed by atoms with van der Waals surface area (Å²) in [5.74, 6) is 0.181. The molecule has 2 aromatic rings. The van der Waals surface area contributed by atoms with E-state index in [1.165, 1.54) is 52.1 Å². The molecule has 0 bridgehead atoms. The van der Waals surface area contributed by atoms with Gasteiger partial charge >= 0.3 is 0 Å². The maximum atomic E-state index is 13.3. The molecule has 0 radical (unpaired) electrons. The third kappa shape index (κ3) is 7.55. The maximum Gasteiger partial charge on any atom is 0.295 e. The van der Waals surface area contributed by atoms with Crippen LogP contribution in [0.4, 0.5) is 0 Å². The van der Waals surface area contributed by atoms with E-state index >= 15 is 0 Å². The molecule has 7 heteroatoms. The summed E-state index contributed by atoms with van der Waals surface area (Å²) in [4.78, 5) is 28.2.